The molecule has 114 valence electrons. The summed E-state index contributed by atoms with van der Waals surface area (Å²) in [5.74, 6) is 2.61. The Morgan fingerprint density at radius 3 is 2.50 bits per heavy atom. The van der Waals surface area contributed by atoms with E-state index in [0.29, 0.717) is 33.7 Å². The number of ether oxygens (including phenoxy) is 4. The van der Waals surface area contributed by atoms with Gasteiger partial charge in [0.25, 0.3) is 0 Å². The lowest BCUT2D eigenvalue weighted by molar-refractivity contribution is 0.174. The number of hydrogen-bond acceptors (Lipinski definition) is 5. The van der Waals surface area contributed by atoms with Crippen LogP contribution in [0.5, 0.6) is 23.0 Å². The average Bonchev–Trinajstić information content (AvgIpc) is 2.99. The van der Waals surface area contributed by atoms with E-state index in [0.717, 1.165) is 5.56 Å². The van der Waals surface area contributed by atoms with Gasteiger partial charge in [-0.15, -0.1) is 0 Å². The molecule has 0 bridgehead atoms. The highest BCUT2D eigenvalue weighted by molar-refractivity contribution is 6.30. The summed E-state index contributed by atoms with van der Waals surface area (Å²) in [7, 11) is 3.18. The summed E-state index contributed by atoms with van der Waals surface area (Å²) < 4.78 is 21.3. The zero-order valence-corrected chi connectivity index (χ0v) is 12.9. The van der Waals surface area contributed by atoms with E-state index >= 15 is 0 Å². The quantitative estimate of drug-likeness (QED) is 0.803. The molecule has 3 rings (SSSR count). The molecule has 2 aromatic carbocycles. The molecular weight excluding hydrogens is 306 g/mol. The molecule has 0 unspecified atom stereocenters. The minimum absolute atomic E-state index is 0.210. The summed E-state index contributed by atoms with van der Waals surface area (Å²) in [5.41, 5.74) is 1.41. The van der Waals surface area contributed by atoms with Gasteiger partial charge in [-0.2, -0.15) is 0 Å². The lowest BCUT2D eigenvalue weighted by Gasteiger charge is -2.07. The van der Waals surface area contributed by atoms with Crippen molar-refractivity contribution in [2.24, 2.45) is 4.99 Å². The maximum Gasteiger partial charge on any atom is 0.231 e. The van der Waals surface area contributed by atoms with Crippen molar-refractivity contribution in [1.29, 1.82) is 0 Å². The molecule has 0 atom stereocenters. The van der Waals surface area contributed by atoms with Crippen molar-refractivity contribution in [3.63, 3.8) is 0 Å². The molecule has 5 nitrogen and oxygen atoms in total. The number of methoxy groups -OCH3 is 2. The van der Waals surface area contributed by atoms with Gasteiger partial charge in [0.05, 0.1) is 14.2 Å². The van der Waals surface area contributed by atoms with Crippen LogP contribution in [0.3, 0.4) is 0 Å². The summed E-state index contributed by atoms with van der Waals surface area (Å²) in [6.07, 6.45) is 1.68. The van der Waals surface area contributed by atoms with Gasteiger partial charge >= 0.3 is 0 Å². The Bertz CT molecular complexity index is 730. The van der Waals surface area contributed by atoms with E-state index in [9.17, 15) is 0 Å². The maximum absolute atomic E-state index is 6.00. The third-order valence-electron chi connectivity index (χ3n) is 3.21. The lowest BCUT2D eigenvalue weighted by atomic mass is 10.2. The first-order valence-electron chi connectivity index (χ1n) is 6.56. The Labute approximate surface area is 133 Å². The number of benzene rings is 2. The summed E-state index contributed by atoms with van der Waals surface area (Å²) in [6.45, 7) is 0.210. The van der Waals surface area contributed by atoms with Gasteiger partial charge in [-0.25, -0.2) is 0 Å². The van der Waals surface area contributed by atoms with E-state index in [-0.39, 0.29) is 6.79 Å². The predicted octanol–water partition coefficient (Wildman–Crippen LogP) is 3.84. The highest BCUT2D eigenvalue weighted by Gasteiger charge is 2.17. The van der Waals surface area contributed by atoms with E-state index in [1.165, 1.54) is 0 Å². The molecule has 0 radical (unpaired) electrons. The van der Waals surface area contributed by atoms with Gasteiger partial charge < -0.3 is 18.9 Å². The molecule has 0 spiro atoms. The van der Waals surface area contributed by atoms with Crippen LogP contribution < -0.4 is 18.9 Å². The molecule has 1 heterocycles. The minimum atomic E-state index is 0.210. The van der Waals surface area contributed by atoms with Crippen molar-refractivity contribution in [1.82, 2.24) is 0 Å². The first-order valence-corrected chi connectivity index (χ1v) is 6.94. The van der Waals surface area contributed by atoms with Crippen molar-refractivity contribution in [3.8, 4) is 23.0 Å². The van der Waals surface area contributed by atoms with Gasteiger partial charge in [0.1, 0.15) is 17.2 Å². The van der Waals surface area contributed by atoms with Gasteiger partial charge in [0.15, 0.2) is 11.5 Å². The Balaban J connectivity index is 1.97. The first kappa shape index (κ1) is 14.5. The van der Waals surface area contributed by atoms with Gasteiger partial charge in [0.2, 0.25) is 6.79 Å². The van der Waals surface area contributed by atoms with Crippen molar-refractivity contribution in [3.05, 3.63) is 40.9 Å². The third-order valence-corrected chi connectivity index (χ3v) is 3.44. The van der Waals surface area contributed by atoms with Crippen molar-refractivity contribution in [2.75, 3.05) is 21.0 Å². The number of nitrogens with zero attached hydrogens (tertiary/aromatic N) is 1. The molecule has 0 N–H and O–H groups in total. The van der Waals surface area contributed by atoms with E-state index in [1.54, 1.807) is 44.7 Å². The maximum atomic E-state index is 6.00. The topological polar surface area (TPSA) is 49.3 Å². The normalized spacial score (nSPS) is 12.7. The molecule has 0 saturated carbocycles. The summed E-state index contributed by atoms with van der Waals surface area (Å²) in [6, 6.07) is 8.85. The monoisotopic (exact) mass is 319 g/mol. The van der Waals surface area contributed by atoms with Gasteiger partial charge in [0, 0.05) is 22.9 Å². The van der Waals surface area contributed by atoms with Crippen LogP contribution in [0, 0.1) is 0 Å². The van der Waals surface area contributed by atoms with Crippen LogP contribution in [0.4, 0.5) is 5.69 Å². The summed E-state index contributed by atoms with van der Waals surface area (Å²) in [4.78, 5) is 4.43. The van der Waals surface area contributed by atoms with Crippen molar-refractivity contribution >= 4 is 23.5 Å². The molecule has 1 aliphatic heterocycles. The van der Waals surface area contributed by atoms with Gasteiger partial charge in [-0.1, -0.05) is 11.6 Å². The summed E-state index contributed by atoms with van der Waals surface area (Å²) >= 11 is 6.00. The van der Waals surface area contributed by atoms with Crippen molar-refractivity contribution < 1.29 is 18.9 Å². The second-order valence-electron chi connectivity index (χ2n) is 4.52. The second-order valence-corrected chi connectivity index (χ2v) is 4.96. The Morgan fingerprint density at radius 2 is 1.77 bits per heavy atom. The van der Waals surface area contributed by atoms with Crippen LogP contribution >= 0.6 is 11.6 Å². The molecule has 0 saturated heterocycles. The summed E-state index contributed by atoms with van der Waals surface area (Å²) in [5, 5.41) is 0.589. The first-order chi connectivity index (χ1) is 10.7. The minimum Gasteiger partial charge on any atom is -0.496 e. The fraction of sp³-hybridized carbons (Fsp3) is 0.188. The van der Waals surface area contributed by atoms with Crippen LogP contribution in [-0.4, -0.2) is 27.2 Å². The largest absolute Gasteiger partial charge is 0.496 e. The Hall–Kier alpha value is -2.40. The standard InChI is InChI=1S/C16H14ClNO4/c1-19-13-4-3-11(17)6-12(13)18-8-10-5-15-16(22-9-21-15)7-14(10)20-2/h3-8H,9H2,1-2H3. The fourth-order valence-corrected chi connectivity index (χ4v) is 2.29. The molecular formula is C16H14ClNO4. The second kappa shape index (κ2) is 6.15. The van der Waals surface area contributed by atoms with E-state index in [1.807, 2.05) is 6.07 Å². The van der Waals surface area contributed by atoms with Crippen molar-refractivity contribution in [2.45, 2.75) is 0 Å². The highest BCUT2D eigenvalue weighted by Crippen LogP contribution is 2.38. The fourth-order valence-electron chi connectivity index (χ4n) is 2.12. The van der Waals surface area contributed by atoms with E-state index < -0.39 is 0 Å². The molecule has 22 heavy (non-hydrogen) atoms. The Morgan fingerprint density at radius 1 is 1.05 bits per heavy atom. The van der Waals surface area contributed by atoms with Crippen LogP contribution in [-0.2, 0) is 0 Å². The number of aliphatic imine (C=N–C) groups is 1. The third kappa shape index (κ3) is 2.80. The lowest BCUT2D eigenvalue weighted by Crippen LogP contribution is -1.92. The van der Waals surface area contributed by atoms with E-state index in [4.69, 9.17) is 30.5 Å². The zero-order valence-electron chi connectivity index (χ0n) is 12.1. The number of rotatable bonds is 4. The van der Waals surface area contributed by atoms with Gasteiger partial charge in [-0.05, 0) is 24.3 Å². The molecule has 2 aromatic rings. The predicted molar refractivity (Wildman–Crippen MR) is 84.4 cm³/mol. The van der Waals surface area contributed by atoms with Crippen LogP contribution in [0.25, 0.3) is 0 Å². The molecule has 0 aromatic heterocycles. The van der Waals surface area contributed by atoms with Crippen LogP contribution in [0.1, 0.15) is 5.56 Å². The van der Waals surface area contributed by atoms with Crippen LogP contribution in [0.2, 0.25) is 5.02 Å². The highest BCUT2D eigenvalue weighted by atomic mass is 35.5. The molecule has 0 aliphatic carbocycles. The Kier molecular flexibility index (Phi) is 4.06. The number of halogens is 1. The molecule has 6 heteroatoms. The smallest absolute Gasteiger partial charge is 0.231 e. The molecule has 1 aliphatic rings. The molecule has 0 fully saturated rings. The number of fused-ring (bicyclic) bond motifs is 1. The van der Waals surface area contributed by atoms with Gasteiger partial charge in [-0.3, -0.25) is 4.99 Å². The molecule has 0 amide bonds. The number of hydrogen-bond donors (Lipinski definition) is 0. The average molecular weight is 320 g/mol. The van der Waals surface area contributed by atoms with E-state index in [2.05, 4.69) is 4.99 Å². The van der Waals surface area contributed by atoms with Crippen LogP contribution in [0.15, 0.2) is 35.3 Å². The SMILES string of the molecule is COc1cc2c(cc1C=Nc1cc(Cl)ccc1OC)OCO2. The zero-order chi connectivity index (χ0) is 15.5.